The topological polar surface area (TPSA) is 87.3 Å². The maximum atomic E-state index is 6.14. The summed E-state index contributed by atoms with van der Waals surface area (Å²) in [5, 5.41) is 3.90. The lowest BCUT2D eigenvalue weighted by molar-refractivity contribution is 0.0410. The lowest BCUT2D eigenvalue weighted by atomic mass is 10.1. The van der Waals surface area contributed by atoms with Gasteiger partial charge in [-0.1, -0.05) is 5.16 Å². The highest BCUT2D eigenvalue weighted by Gasteiger charge is 2.29. The van der Waals surface area contributed by atoms with Gasteiger partial charge in [-0.2, -0.15) is 4.98 Å². The Morgan fingerprint density at radius 2 is 2.16 bits per heavy atom. The van der Waals surface area contributed by atoms with Crippen molar-refractivity contribution in [2.75, 3.05) is 6.61 Å². The van der Waals surface area contributed by atoms with Crippen LogP contribution in [0.1, 0.15) is 32.4 Å². The quantitative estimate of drug-likeness (QED) is 0.892. The van der Waals surface area contributed by atoms with Crippen molar-refractivity contribution in [1.29, 1.82) is 0 Å². The van der Waals surface area contributed by atoms with Crippen LogP contribution in [0.4, 0.5) is 0 Å². The molecule has 0 spiro atoms. The van der Waals surface area contributed by atoms with Crippen LogP contribution in [-0.2, 0) is 10.3 Å². The van der Waals surface area contributed by atoms with E-state index in [-0.39, 0.29) is 6.10 Å². The van der Waals surface area contributed by atoms with Crippen molar-refractivity contribution in [2.24, 2.45) is 5.73 Å². The molecule has 1 unspecified atom stereocenters. The van der Waals surface area contributed by atoms with E-state index in [1.54, 1.807) is 13.0 Å². The smallest absolute Gasteiger partial charge is 0.293 e. The van der Waals surface area contributed by atoms with E-state index in [4.69, 9.17) is 19.4 Å². The molecule has 2 aromatic rings. The van der Waals surface area contributed by atoms with Gasteiger partial charge in [-0.15, -0.1) is 0 Å². The number of aryl methyl sites for hydroxylation is 1. The van der Waals surface area contributed by atoms with E-state index in [0.29, 0.717) is 24.1 Å². The summed E-state index contributed by atoms with van der Waals surface area (Å²) in [5.41, 5.74) is 5.34. The Hall–Kier alpha value is -1.66. The fourth-order valence-electron chi connectivity index (χ4n) is 1.51. The molecule has 2 aromatic heterocycles. The van der Waals surface area contributed by atoms with E-state index in [1.807, 2.05) is 26.8 Å². The minimum Gasteiger partial charge on any atom is -0.456 e. The van der Waals surface area contributed by atoms with Crippen LogP contribution in [0.25, 0.3) is 11.7 Å². The Balaban J connectivity index is 2.16. The van der Waals surface area contributed by atoms with Crippen molar-refractivity contribution in [1.82, 2.24) is 10.1 Å². The summed E-state index contributed by atoms with van der Waals surface area (Å²) >= 11 is 0. The van der Waals surface area contributed by atoms with Crippen LogP contribution in [-0.4, -0.2) is 22.9 Å². The largest absolute Gasteiger partial charge is 0.456 e. The van der Waals surface area contributed by atoms with E-state index >= 15 is 0 Å². The Bertz CT molecular complexity index is 543. The summed E-state index contributed by atoms with van der Waals surface area (Å²) in [6.07, 6.45) is 0.0990. The molecular formula is C13H19N3O3. The van der Waals surface area contributed by atoms with E-state index in [9.17, 15) is 0 Å². The first-order valence-corrected chi connectivity index (χ1v) is 6.20. The minimum absolute atomic E-state index is 0.0990. The van der Waals surface area contributed by atoms with Crippen LogP contribution in [0.3, 0.4) is 0 Å². The van der Waals surface area contributed by atoms with Crippen molar-refractivity contribution in [3.63, 3.8) is 0 Å². The highest BCUT2D eigenvalue weighted by Crippen LogP contribution is 2.23. The molecule has 6 nitrogen and oxygen atoms in total. The van der Waals surface area contributed by atoms with Crippen molar-refractivity contribution in [3.8, 4) is 11.7 Å². The molecule has 2 heterocycles. The number of aromatic nitrogens is 2. The Kier molecular flexibility index (Phi) is 3.73. The number of rotatable bonds is 5. The lowest BCUT2D eigenvalue weighted by Crippen LogP contribution is -2.40. The molecule has 19 heavy (non-hydrogen) atoms. The second-order valence-electron chi connectivity index (χ2n) is 5.11. The van der Waals surface area contributed by atoms with Gasteiger partial charge in [0, 0.05) is 0 Å². The van der Waals surface area contributed by atoms with Crippen LogP contribution in [0.2, 0.25) is 0 Å². The molecule has 0 saturated carbocycles. The van der Waals surface area contributed by atoms with Gasteiger partial charge >= 0.3 is 0 Å². The summed E-state index contributed by atoms with van der Waals surface area (Å²) in [5.74, 6) is 2.05. The molecule has 104 valence electrons. The standard InChI is InChI=1S/C13H19N3O3/c1-8(2)17-7-13(4,14)12-15-11(19-16-12)10-6-5-9(3)18-10/h5-6,8H,7,14H2,1-4H3. The van der Waals surface area contributed by atoms with Gasteiger partial charge in [0.2, 0.25) is 0 Å². The van der Waals surface area contributed by atoms with E-state index < -0.39 is 5.54 Å². The monoisotopic (exact) mass is 265 g/mol. The lowest BCUT2D eigenvalue weighted by Gasteiger charge is -2.21. The molecule has 0 aromatic carbocycles. The summed E-state index contributed by atoms with van der Waals surface area (Å²) in [6.45, 7) is 7.87. The zero-order valence-corrected chi connectivity index (χ0v) is 11.6. The molecule has 0 radical (unpaired) electrons. The molecule has 1 atom stereocenters. The summed E-state index contributed by atoms with van der Waals surface area (Å²) in [7, 11) is 0. The molecule has 0 amide bonds. The molecule has 2 N–H and O–H groups in total. The fraction of sp³-hybridized carbons (Fsp3) is 0.538. The molecule has 0 aliphatic heterocycles. The van der Waals surface area contributed by atoms with Gasteiger partial charge in [-0.05, 0) is 39.8 Å². The van der Waals surface area contributed by atoms with Crippen molar-refractivity contribution < 1.29 is 13.7 Å². The predicted octanol–water partition coefficient (Wildman–Crippen LogP) is 2.24. The molecule has 0 aliphatic rings. The molecule has 0 aliphatic carbocycles. The van der Waals surface area contributed by atoms with Crippen molar-refractivity contribution >= 4 is 0 Å². The molecule has 2 rings (SSSR count). The van der Waals surface area contributed by atoms with Crippen molar-refractivity contribution in [3.05, 3.63) is 23.7 Å². The highest BCUT2D eigenvalue weighted by atomic mass is 16.5. The summed E-state index contributed by atoms with van der Waals surface area (Å²) in [6, 6.07) is 3.62. The number of hydrogen-bond acceptors (Lipinski definition) is 6. The Morgan fingerprint density at radius 3 is 2.74 bits per heavy atom. The van der Waals surface area contributed by atoms with Gasteiger partial charge in [-0.3, -0.25) is 0 Å². The summed E-state index contributed by atoms with van der Waals surface area (Å²) < 4.78 is 16.1. The van der Waals surface area contributed by atoms with E-state index in [2.05, 4.69) is 10.1 Å². The number of ether oxygens (including phenoxy) is 1. The number of nitrogens with two attached hydrogens (primary N) is 1. The van der Waals surface area contributed by atoms with Crippen LogP contribution >= 0.6 is 0 Å². The normalized spacial score (nSPS) is 14.8. The molecule has 0 saturated heterocycles. The average Bonchev–Trinajstić information content (AvgIpc) is 2.94. The predicted molar refractivity (Wildman–Crippen MR) is 69.4 cm³/mol. The molecule has 0 bridgehead atoms. The van der Waals surface area contributed by atoms with Gasteiger partial charge in [0.1, 0.15) is 11.3 Å². The maximum Gasteiger partial charge on any atom is 0.293 e. The molecule has 0 fully saturated rings. The van der Waals surface area contributed by atoms with E-state index in [1.165, 1.54) is 0 Å². The zero-order chi connectivity index (χ0) is 14.0. The third-order valence-corrected chi connectivity index (χ3v) is 2.60. The summed E-state index contributed by atoms with van der Waals surface area (Å²) in [4.78, 5) is 4.27. The van der Waals surface area contributed by atoms with Crippen LogP contribution in [0.5, 0.6) is 0 Å². The third-order valence-electron chi connectivity index (χ3n) is 2.60. The first-order chi connectivity index (χ1) is 8.88. The van der Waals surface area contributed by atoms with Crippen LogP contribution in [0, 0.1) is 6.92 Å². The Morgan fingerprint density at radius 1 is 1.42 bits per heavy atom. The first-order valence-electron chi connectivity index (χ1n) is 6.20. The van der Waals surface area contributed by atoms with Gasteiger partial charge in [-0.25, -0.2) is 0 Å². The second kappa shape index (κ2) is 5.14. The fourth-order valence-corrected chi connectivity index (χ4v) is 1.51. The number of hydrogen-bond donors (Lipinski definition) is 1. The van der Waals surface area contributed by atoms with Gasteiger partial charge in [0.25, 0.3) is 5.89 Å². The molecule has 6 heteroatoms. The van der Waals surface area contributed by atoms with Crippen LogP contribution < -0.4 is 5.73 Å². The third kappa shape index (κ3) is 3.21. The first kappa shape index (κ1) is 13.8. The average molecular weight is 265 g/mol. The second-order valence-corrected chi connectivity index (χ2v) is 5.11. The van der Waals surface area contributed by atoms with Crippen molar-refractivity contribution in [2.45, 2.75) is 39.3 Å². The highest BCUT2D eigenvalue weighted by molar-refractivity contribution is 5.44. The number of nitrogens with zero attached hydrogens (tertiary/aromatic N) is 2. The van der Waals surface area contributed by atoms with Gasteiger partial charge in [0.05, 0.1) is 12.7 Å². The number of furan rings is 1. The molecular weight excluding hydrogens is 246 g/mol. The maximum absolute atomic E-state index is 6.14. The Labute approximate surface area is 111 Å². The van der Waals surface area contributed by atoms with Crippen LogP contribution in [0.15, 0.2) is 21.1 Å². The SMILES string of the molecule is Cc1ccc(-c2nc(C(C)(N)COC(C)C)no2)o1. The van der Waals surface area contributed by atoms with Gasteiger partial charge in [0.15, 0.2) is 11.6 Å². The van der Waals surface area contributed by atoms with Gasteiger partial charge < -0.3 is 19.4 Å². The van der Waals surface area contributed by atoms with E-state index in [0.717, 1.165) is 5.76 Å². The zero-order valence-electron chi connectivity index (χ0n) is 11.6. The minimum atomic E-state index is -0.798.